The van der Waals surface area contributed by atoms with Crippen LogP contribution in [0.4, 0.5) is 0 Å². The minimum Gasteiger partial charge on any atom is -0.456 e. The molecule has 0 N–H and O–H groups in total. The lowest BCUT2D eigenvalue weighted by molar-refractivity contribution is 0.669. The summed E-state index contributed by atoms with van der Waals surface area (Å²) in [6, 6.07) is 54.5. The summed E-state index contributed by atoms with van der Waals surface area (Å²) in [5.74, 6) is 1.84. The Kier molecular flexibility index (Phi) is 5.81. The smallest absolute Gasteiger partial charge is 0.164 e. The van der Waals surface area contributed by atoms with Crippen molar-refractivity contribution in [2.24, 2.45) is 0 Å². The van der Waals surface area contributed by atoms with Crippen LogP contribution < -0.4 is 0 Å². The van der Waals surface area contributed by atoms with Crippen LogP contribution in [-0.4, -0.2) is 19.5 Å². The molecule has 5 nitrogen and oxygen atoms in total. The maximum absolute atomic E-state index is 6.23. The highest BCUT2D eigenvalue weighted by molar-refractivity contribution is 6.12. The molecule has 10 rings (SSSR count). The number of aromatic nitrogens is 4. The van der Waals surface area contributed by atoms with Gasteiger partial charge in [0.1, 0.15) is 11.2 Å². The van der Waals surface area contributed by atoms with Crippen molar-refractivity contribution in [1.29, 1.82) is 0 Å². The van der Waals surface area contributed by atoms with E-state index in [0.29, 0.717) is 17.5 Å². The lowest BCUT2D eigenvalue weighted by Gasteiger charge is -2.11. The van der Waals surface area contributed by atoms with Crippen LogP contribution in [0.1, 0.15) is 0 Å². The minimum atomic E-state index is 0.604. The summed E-state index contributed by atoms with van der Waals surface area (Å²) >= 11 is 0. The highest BCUT2D eigenvalue weighted by atomic mass is 16.3. The Morgan fingerprint density at radius 2 is 1.00 bits per heavy atom. The van der Waals surface area contributed by atoms with Crippen LogP contribution >= 0.6 is 0 Å². The summed E-state index contributed by atoms with van der Waals surface area (Å²) < 4.78 is 8.55. The van der Waals surface area contributed by atoms with Gasteiger partial charge in [-0.15, -0.1) is 0 Å². The van der Waals surface area contributed by atoms with Gasteiger partial charge in [-0.25, -0.2) is 15.0 Å². The van der Waals surface area contributed by atoms with E-state index in [4.69, 9.17) is 19.4 Å². The molecular formula is C43H26N4O. The molecule has 48 heavy (non-hydrogen) atoms. The Bertz CT molecular complexity index is 2790. The summed E-state index contributed by atoms with van der Waals surface area (Å²) in [5, 5.41) is 6.81. The van der Waals surface area contributed by atoms with E-state index in [0.717, 1.165) is 49.7 Å². The number of furan rings is 1. The lowest BCUT2D eigenvalue weighted by Crippen LogP contribution is -2.01. The molecule has 10 aromatic rings. The van der Waals surface area contributed by atoms with Crippen molar-refractivity contribution in [3.63, 3.8) is 0 Å². The number of para-hydroxylation sites is 3. The maximum atomic E-state index is 6.23. The van der Waals surface area contributed by atoms with Crippen LogP contribution in [-0.2, 0) is 0 Å². The molecule has 0 bridgehead atoms. The molecule has 7 aromatic carbocycles. The molecule has 0 unspecified atom stereocenters. The molecule has 3 heterocycles. The fourth-order valence-corrected chi connectivity index (χ4v) is 7.00. The quantitative estimate of drug-likeness (QED) is 0.198. The molecule has 0 atom stereocenters. The van der Waals surface area contributed by atoms with Gasteiger partial charge in [0.25, 0.3) is 0 Å². The molecule has 0 aliphatic heterocycles. The SMILES string of the molecule is c1ccc2cc(-c3nc(-c4ccc(-n5c6ccccc6c6ccccc65)cc4)nc(-c4cccc5oc6ccccc6c45)n3)ccc2c1. The van der Waals surface area contributed by atoms with Gasteiger partial charge in [0.2, 0.25) is 0 Å². The molecule has 0 amide bonds. The Morgan fingerprint density at radius 3 is 1.77 bits per heavy atom. The van der Waals surface area contributed by atoms with E-state index < -0.39 is 0 Å². The summed E-state index contributed by atoms with van der Waals surface area (Å²) in [5.41, 5.74) is 7.82. The summed E-state index contributed by atoms with van der Waals surface area (Å²) in [7, 11) is 0. The van der Waals surface area contributed by atoms with Gasteiger partial charge in [0.15, 0.2) is 17.5 Å². The summed E-state index contributed by atoms with van der Waals surface area (Å²) in [4.78, 5) is 15.3. The largest absolute Gasteiger partial charge is 0.456 e. The fraction of sp³-hybridized carbons (Fsp3) is 0. The zero-order chi connectivity index (χ0) is 31.6. The Hall–Kier alpha value is -6.59. The highest BCUT2D eigenvalue weighted by Gasteiger charge is 2.18. The average Bonchev–Trinajstić information content (AvgIpc) is 3.71. The molecule has 0 aliphatic rings. The summed E-state index contributed by atoms with van der Waals surface area (Å²) in [6.07, 6.45) is 0. The van der Waals surface area contributed by atoms with E-state index in [9.17, 15) is 0 Å². The molecule has 3 aromatic heterocycles. The number of benzene rings is 7. The number of nitrogens with zero attached hydrogens (tertiary/aromatic N) is 4. The van der Waals surface area contributed by atoms with Gasteiger partial charge in [-0.05, 0) is 65.4 Å². The van der Waals surface area contributed by atoms with Crippen molar-refractivity contribution in [3.8, 4) is 39.9 Å². The van der Waals surface area contributed by atoms with Crippen molar-refractivity contribution in [2.45, 2.75) is 0 Å². The van der Waals surface area contributed by atoms with Crippen LogP contribution in [0, 0.1) is 0 Å². The number of hydrogen-bond acceptors (Lipinski definition) is 4. The number of hydrogen-bond donors (Lipinski definition) is 0. The fourth-order valence-electron chi connectivity index (χ4n) is 7.00. The second kappa shape index (κ2) is 10.5. The van der Waals surface area contributed by atoms with E-state index in [2.05, 4.69) is 132 Å². The second-order valence-corrected chi connectivity index (χ2v) is 12.1. The monoisotopic (exact) mass is 614 g/mol. The first-order valence-electron chi connectivity index (χ1n) is 16.0. The van der Waals surface area contributed by atoms with Crippen molar-refractivity contribution < 1.29 is 4.42 Å². The first-order chi connectivity index (χ1) is 23.8. The van der Waals surface area contributed by atoms with E-state index in [1.165, 1.54) is 27.2 Å². The van der Waals surface area contributed by atoms with Crippen molar-refractivity contribution in [3.05, 3.63) is 158 Å². The van der Waals surface area contributed by atoms with Crippen LogP contribution in [0.2, 0.25) is 0 Å². The third-order valence-electron chi connectivity index (χ3n) is 9.25. The van der Waals surface area contributed by atoms with E-state index in [-0.39, 0.29) is 0 Å². The molecule has 0 radical (unpaired) electrons. The zero-order valence-electron chi connectivity index (χ0n) is 25.7. The topological polar surface area (TPSA) is 56.7 Å². The third-order valence-corrected chi connectivity index (χ3v) is 9.25. The molecule has 0 fully saturated rings. The average molecular weight is 615 g/mol. The number of fused-ring (bicyclic) bond motifs is 7. The van der Waals surface area contributed by atoms with Crippen molar-refractivity contribution >= 4 is 54.5 Å². The zero-order valence-corrected chi connectivity index (χ0v) is 25.7. The first-order valence-corrected chi connectivity index (χ1v) is 16.0. The first kappa shape index (κ1) is 26.6. The van der Waals surface area contributed by atoms with E-state index in [1.54, 1.807) is 0 Å². The second-order valence-electron chi connectivity index (χ2n) is 12.1. The van der Waals surface area contributed by atoms with Gasteiger partial charge in [-0.2, -0.15) is 0 Å². The van der Waals surface area contributed by atoms with Crippen LogP contribution in [0.3, 0.4) is 0 Å². The van der Waals surface area contributed by atoms with Crippen LogP contribution in [0.25, 0.3) is 94.4 Å². The molecule has 5 heteroatoms. The van der Waals surface area contributed by atoms with Gasteiger partial charge in [-0.3, -0.25) is 0 Å². The summed E-state index contributed by atoms with van der Waals surface area (Å²) in [6.45, 7) is 0. The standard InChI is InChI=1S/C43H26N4O/c1-2-11-29-26-30(21-20-27(29)10-1)42-44-41(45-43(46-42)35-15-9-19-39-40(35)34-14-5-8-18-38(34)48-39)28-22-24-31(25-23-28)47-36-16-6-3-12-32(36)33-13-4-7-17-37(33)47/h1-26H. The van der Waals surface area contributed by atoms with E-state index >= 15 is 0 Å². The normalized spacial score (nSPS) is 11.8. The molecule has 224 valence electrons. The van der Waals surface area contributed by atoms with Gasteiger partial charge in [0.05, 0.1) is 11.0 Å². The lowest BCUT2D eigenvalue weighted by atomic mass is 10.0. The van der Waals surface area contributed by atoms with Crippen molar-refractivity contribution in [1.82, 2.24) is 19.5 Å². The molecule has 0 spiro atoms. The van der Waals surface area contributed by atoms with E-state index in [1.807, 2.05) is 30.3 Å². The number of rotatable bonds is 4. The van der Waals surface area contributed by atoms with Gasteiger partial charge in [-0.1, -0.05) is 103 Å². The highest BCUT2D eigenvalue weighted by Crippen LogP contribution is 2.37. The van der Waals surface area contributed by atoms with Gasteiger partial charge < -0.3 is 8.98 Å². The molecule has 0 saturated heterocycles. The van der Waals surface area contributed by atoms with Crippen molar-refractivity contribution in [2.75, 3.05) is 0 Å². The van der Waals surface area contributed by atoms with Crippen LogP contribution in [0.15, 0.2) is 162 Å². The van der Waals surface area contributed by atoms with Crippen LogP contribution in [0.5, 0.6) is 0 Å². The Morgan fingerprint density at radius 1 is 0.417 bits per heavy atom. The van der Waals surface area contributed by atoms with Gasteiger partial charge in [0, 0.05) is 43.9 Å². The Labute approximate surface area is 275 Å². The predicted molar refractivity (Wildman–Crippen MR) is 195 cm³/mol. The molecule has 0 saturated carbocycles. The Balaban J connectivity index is 1.17. The maximum Gasteiger partial charge on any atom is 0.164 e. The third kappa shape index (κ3) is 4.15. The minimum absolute atomic E-state index is 0.604. The predicted octanol–water partition coefficient (Wildman–Crippen LogP) is 11.0. The molecule has 0 aliphatic carbocycles. The van der Waals surface area contributed by atoms with Gasteiger partial charge >= 0.3 is 0 Å². The molecular weight excluding hydrogens is 589 g/mol.